The van der Waals surface area contributed by atoms with Crippen LogP contribution in [-0.2, 0) is 6.18 Å². The molecule has 1 aromatic carbocycles. The lowest BCUT2D eigenvalue weighted by atomic mass is 10.0. The number of hydrogen-bond donors (Lipinski definition) is 1. The van der Waals surface area contributed by atoms with Crippen LogP contribution >= 0.6 is 0 Å². The zero-order valence-corrected chi connectivity index (χ0v) is 14.1. The van der Waals surface area contributed by atoms with Gasteiger partial charge < -0.3 is 10.0 Å². The first-order valence-electron chi connectivity index (χ1n) is 8.41. The number of alkyl halides is 3. The maximum atomic E-state index is 13.7. The summed E-state index contributed by atoms with van der Waals surface area (Å²) >= 11 is 0. The molecule has 1 saturated heterocycles. The normalized spacial score (nSPS) is 21.4. The molecule has 1 atom stereocenters. The van der Waals surface area contributed by atoms with E-state index in [-0.39, 0.29) is 17.6 Å². The van der Waals surface area contributed by atoms with Crippen molar-refractivity contribution in [2.24, 2.45) is 5.41 Å². The predicted molar refractivity (Wildman–Crippen MR) is 86.9 cm³/mol. The Bertz CT molecular complexity index is 871. The SMILES string of the molecule is Cc1cccc(-n2ncc(C(=O)N3CC(O)C4(CC4)C3)c2C(F)(F)F)c1. The van der Waals surface area contributed by atoms with E-state index in [1.54, 1.807) is 25.1 Å². The average molecular weight is 365 g/mol. The lowest BCUT2D eigenvalue weighted by Crippen LogP contribution is -2.31. The summed E-state index contributed by atoms with van der Waals surface area (Å²) in [5.74, 6) is -0.737. The zero-order chi connectivity index (χ0) is 18.7. The Morgan fingerprint density at radius 3 is 2.65 bits per heavy atom. The van der Waals surface area contributed by atoms with E-state index in [0.717, 1.165) is 29.3 Å². The first kappa shape index (κ1) is 17.1. The van der Waals surface area contributed by atoms with Crippen molar-refractivity contribution in [3.63, 3.8) is 0 Å². The van der Waals surface area contributed by atoms with Crippen LogP contribution in [0.2, 0.25) is 0 Å². The third-order valence-corrected chi connectivity index (χ3v) is 5.30. The summed E-state index contributed by atoms with van der Waals surface area (Å²) in [5, 5.41) is 13.9. The fraction of sp³-hybridized carbons (Fsp3) is 0.444. The zero-order valence-electron chi connectivity index (χ0n) is 14.1. The second kappa shape index (κ2) is 5.57. The van der Waals surface area contributed by atoms with Crippen molar-refractivity contribution < 1.29 is 23.1 Å². The van der Waals surface area contributed by atoms with Gasteiger partial charge in [0, 0.05) is 18.5 Å². The Kier molecular flexibility index (Phi) is 3.66. The molecule has 2 fully saturated rings. The Hall–Kier alpha value is -2.35. The number of nitrogens with zero attached hydrogens (tertiary/aromatic N) is 3. The van der Waals surface area contributed by atoms with Crippen LogP contribution in [0.5, 0.6) is 0 Å². The maximum absolute atomic E-state index is 13.7. The molecule has 1 aromatic heterocycles. The Morgan fingerprint density at radius 1 is 1.35 bits per heavy atom. The molecule has 26 heavy (non-hydrogen) atoms. The largest absolute Gasteiger partial charge is 0.434 e. The fourth-order valence-electron chi connectivity index (χ4n) is 3.66. The van der Waals surface area contributed by atoms with Crippen LogP contribution in [0.15, 0.2) is 30.5 Å². The predicted octanol–water partition coefficient (Wildman–Crippen LogP) is 2.80. The molecule has 2 aliphatic rings. The van der Waals surface area contributed by atoms with Crippen molar-refractivity contribution in [3.8, 4) is 5.69 Å². The molecule has 8 heteroatoms. The number of aliphatic hydroxyl groups is 1. The van der Waals surface area contributed by atoms with Crippen molar-refractivity contribution in [2.45, 2.75) is 32.0 Å². The van der Waals surface area contributed by atoms with Crippen LogP contribution < -0.4 is 0 Å². The number of β-amino-alcohol motifs (C(OH)–C–C–N with tert-alkyl or cyclic N) is 1. The van der Waals surface area contributed by atoms with Gasteiger partial charge in [-0.2, -0.15) is 18.3 Å². The molecule has 4 rings (SSSR count). The molecule has 1 aliphatic heterocycles. The number of aliphatic hydroxyl groups excluding tert-OH is 1. The number of rotatable bonds is 2. The van der Waals surface area contributed by atoms with E-state index in [1.165, 1.54) is 11.0 Å². The lowest BCUT2D eigenvalue weighted by Gasteiger charge is -2.18. The van der Waals surface area contributed by atoms with Gasteiger partial charge in [-0.05, 0) is 37.5 Å². The summed E-state index contributed by atoms with van der Waals surface area (Å²) in [7, 11) is 0. The van der Waals surface area contributed by atoms with Crippen LogP contribution in [0.1, 0.15) is 34.5 Å². The summed E-state index contributed by atoms with van der Waals surface area (Å²) < 4.78 is 42.0. The average Bonchev–Trinajstić information content (AvgIpc) is 3.07. The van der Waals surface area contributed by atoms with Gasteiger partial charge in [-0.15, -0.1) is 0 Å². The van der Waals surface area contributed by atoms with Crippen molar-refractivity contribution in [3.05, 3.63) is 47.3 Å². The molecule has 2 aromatic rings. The van der Waals surface area contributed by atoms with Crippen LogP contribution in [0, 0.1) is 12.3 Å². The number of likely N-dealkylation sites (tertiary alicyclic amines) is 1. The van der Waals surface area contributed by atoms with E-state index in [0.29, 0.717) is 6.54 Å². The van der Waals surface area contributed by atoms with Crippen molar-refractivity contribution in [1.29, 1.82) is 0 Å². The van der Waals surface area contributed by atoms with Gasteiger partial charge in [-0.3, -0.25) is 4.79 Å². The molecule has 1 amide bonds. The molecular formula is C18H18F3N3O2. The third-order valence-electron chi connectivity index (χ3n) is 5.30. The van der Waals surface area contributed by atoms with Crippen LogP contribution in [-0.4, -0.2) is 44.9 Å². The molecule has 1 saturated carbocycles. The summed E-state index contributed by atoms with van der Waals surface area (Å²) in [5.41, 5.74) is -0.849. The number of carbonyl (C=O) groups excluding carboxylic acids is 1. The van der Waals surface area contributed by atoms with E-state index >= 15 is 0 Å². The summed E-state index contributed by atoms with van der Waals surface area (Å²) in [6.07, 6.45) is -2.84. The van der Waals surface area contributed by atoms with Crippen LogP contribution in [0.4, 0.5) is 13.2 Å². The monoisotopic (exact) mass is 365 g/mol. The van der Waals surface area contributed by atoms with E-state index in [1.807, 2.05) is 0 Å². The lowest BCUT2D eigenvalue weighted by molar-refractivity contribution is -0.143. The molecule has 1 spiro atoms. The van der Waals surface area contributed by atoms with E-state index in [9.17, 15) is 23.1 Å². The number of hydrogen-bond acceptors (Lipinski definition) is 3. The quantitative estimate of drug-likeness (QED) is 0.890. The topological polar surface area (TPSA) is 58.4 Å². The van der Waals surface area contributed by atoms with E-state index < -0.39 is 29.4 Å². The van der Waals surface area contributed by atoms with Gasteiger partial charge in [0.15, 0.2) is 5.69 Å². The van der Waals surface area contributed by atoms with Gasteiger partial charge in [-0.1, -0.05) is 12.1 Å². The van der Waals surface area contributed by atoms with Gasteiger partial charge in [0.25, 0.3) is 5.91 Å². The van der Waals surface area contributed by atoms with Crippen molar-refractivity contribution >= 4 is 5.91 Å². The number of aryl methyl sites for hydroxylation is 1. The minimum Gasteiger partial charge on any atom is -0.391 e. The third kappa shape index (κ3) is 2.68. The second-order valence-corrected chi connectivity index (χ2v) is 7.22. The van der Waals surface area contributed by atoms with Gasteiger partial charge >= 0.3 is 6.18 Å². The molecule has 1 unspecified atom stereocenters. The smallest absolute Gasteiger partial charge is 0.391 e. The Morgan fingerprint density at radius 2 is 2.08 bits per heavy atom. The van der Waals surface area contributed by atoms with Crippen LogP contribution in [0.25, 0.3) is 5.69 Å². The number of halogens is 3. The number of benzene rings is 1. The standard InChI is InChI=1S/C18H18F3N3O2/c1-11-3-2-4-12(7-11)24-15(18(19,20)21)13(8-22-24)16(26)23-9-14(25)17(10-23)5-6-17/h2-4,7-8,14,25H,5-6,9-10H2,1H3. The van der Waals surface area contributed by atoms with E-state index in [4.69, 9.17) is 0 Å². The Balaban J connectivity index is 1.74. The molecule has 138 valence electrons. The molecular weight excluding hydrogens is 347 g/mol. The minimum atomic E-state index is -4.74. The highest BCUT2D eigenvalue weighted by molar-refractivity contribution is 5.95. The molecule has 1 N–H and O–H groups in total. The summed E-state index contributed by atoms with van der Waals surface area (Å²) in [6, 6.07) is 6.51. The molecule has 1 aliphatic carbocycles. The summed E-state index contributed by atoms with van der Waals surface area (Å²) in [4.78, 5) is 14.1. The Labute approximate surface area is 148 Å². The van der Waals surface area contributed by atoms with Gasteiger partial charge in [0.2, 0.25) is 0 Å². The number of carbonyl (C=O) groups is 1. The van der Waals surface area contributed by atoms with Gasteiger partial charge in [-0.25, -0.2) is 4.68 Å². The molecule has 5 nitrogen and oxygen atoms in total. The van der Waals surface area contributed by atoms with Crippen LogP contribution in [0.3, 0.4) is 0 Å². The van der Waals surface area contributed by atoms with Crippen molar-refractivity contribution in [2.75, 3.05) is 13.1 Å². The molecule has 0 radical (unpaired) electrons. The summed E-state index contributed by atoms with van der Waals surface area (Å²) in [6.45, 7) is 2.12. The number of aromatic nitrogens is 2. The second-order valence-electron chi connectivity index (χ2n) is 7.22. The first-order valence-corrected chi connectivity index (χ1v) is 8.41. The molecule has 2 heterocycles. The minimum absolute atomic E-state index is 0.0613. The fourth-order valence-corrected chi connectivity index (χ4v) is 3.66. The van der Waals surface area contributed by atoms with Gasteiger partial charge in [0.1, 0.15) is 0 Å². The maximum Gasteiger partial charge on any atom is 0.434 e. The highest BCUT2D eigenvalue weighted by atomic mass is 19.4. The highest BCUT2D eigenvalue weighted by Gasteiger charge is 2.56. The van der Waals surface area contributed by atoms with Gasteiger partial charge in [0.05, 0.1) is 23.6 Å². The van der Waals surface area contributed by atoms with Crippen molar-refractivity contribution in [1.82, 2.24) is 14.7 Å². The molecule has 0 bridgehead atoms. The first-order chi connectivity index (χ1) is 12.2. The van der Waals surface area contributed by atoms with E-state index in [2.05, 4.69) is 5.10 Å². The highest BCUT2D eigenvalue weighted by Crippen LogP contribution is 2.53. The number of amides is 1.